The van der Waals surface area contributed by atoms with Crippen molar-refractivity contribution in [2.45, 2.75) is 0 Å². The Labute approximate surface area is 101 Å². The van der Waals surface area contributed by atoms with Gasteiger partial charge in [-0.3, -0.25) is 0 Å². The molecule has 0 atom stereocenters. The van der Waals surface area contributed by atoms with Crippen LogP contribution in [0.4, 0.5) is 0 Å². The molecular weight excluding hydrogens is 293 g/mol. The van der Waals surface area contributed by atoms with Crippen molar-refractivity contribution in [3.8, 4) is 5.75 Å². The van der Waals surface area contributed by atoms with E-state index in [0.717, 1.165) is 0 Å². The summed E-state index contributed by atoms with van der Waals surface area (Å²) in [5, 5.41) is 0.858. The summed E-state index contributed by atoms with van der Waals surface area (Å²) in [5.41, 5.74) is 0. The summed E-state index contributed by atoms with van der Waals surface area (Å²) in [4.78, 5) is -2.80. The first-order valence-corrected chi connectivity index (χ1v) is 8.31. The normalized spacial score (nSPS) is 11.4. The van der Waals surface area contributed by atoms with E-state index in [-0.39, 0.29) is 0 Å². The molecule has 0 saturated heterocycles. The lowest BCUT2D eigenvalue weighted by Crippen LogP contribution is -1.82. The van der Waals surface area contributed by atoms with E-state index in [0.29, 0.717) is 15.8 Å². The Morgan fingerprint density at radius 1 is 1.23 bits per heavy atom. The van der Waals surface area contributed by atoms with Gasteiger partial charge < -0.3 is 4.52 Å². The van der Waals surface area contributed by atoms with Crippen molar-refractivity contribution in [3.05, 3.63) is 28.2 Å². The third-order valence-corrected chi connectivity index (χ3v) is 2.69. The van der Waals surface area contributed by atoms with E-state index in [2.05, 4.69) is 11.8 Å². The van der Waals surface area contributed by atoms with Gasteiger partial charge in [-0.2, -0.15) is 0 Å². The van der Waals surface area contributed by atoms with Crippen LogP contribution in [0.15, 0.2) is 18.2 Å². The van der Waals surface area contributed by atoms with E-state index < -0.39 is 4.97 Å². The molecule has 0 N–H and O–H groups in total. The summed E-state index contributed by atoms with van der Waals surface area (Å²) in [7, 11) is 0. The third-order valence-electron chi connectivity index (χ3n) is 1.10. The smallest absolute Gasteiger partial charge is 0.289 e. The minimum atomic E-state index is -2.80. The zero-order chi connectivity index (χ0) is 10.1. The topological polar surface area (TPSA) is 9.23 Å². The summed E-state index contributed by atoms with van der Waals surface area (Å²) >= 11 is 27.3. The first-order chi connectivity index (χ1) is 5.88. The number of halogens is 4. The van der Waals surface area contributed by atoms with Crippen LogP contribution in [-0.4, -0.2) is 0 Å². The maximum Gasteiger partial charge on any atom is 0.289 e. The van der Waals surface area contributed by atoms with Crippen LogP contribution < -0.4 is 4.52 Å². The molecule has 1 aromatic rings. The number of benzene rings is 1. The van der Waals surface area contributed by atoms with E-state index in [1.54, 1.807) is 12.1 Å². The maximum absolute atomic E-state index is 5.77. The molecule has 0 fully saturated rings. The SMILES string of the molecule is S=P(Cl)(Cl)Oc1cc(Cl)ccc1Cl. The van der Waals surface area contributed by atoms with E-state index in [1.807, 2.05) is 0 Å². The van der Waals surface area contributed by atoms with Crippen LogP contribution in [0, 0.1) is 0 Å². The largest absolute Gasteiger partial charge is 0.439 e. The van der Waals surface area contributed by atoms with Crippen LogP contribution in [0.1, 0.15) is 0 Å². The molecule has 0 aliphatic heterocycles. The van der Waals surface area contributed by atoms with Gasteiger partial charge in [-0.05, 0) is 46.4 Å². The molecule has 1 rings (SSSR count). The molecule has 0 bridgehead atoms. The Kier molecular flexibility index (Phi) is 4.18. The van der Waals surface area contributed by atoms with Gasteiger partial charge in [-0.25, -0.2) is 0 Å². The van der Waals surface area contributed by atoms with Crippen molar-refractivity contribution in [1.82, 2.24) is 0 Å². The van der Waals surface area contributed by atoms with Crippen LogP contribution in [0.25, 0.3) is 0 Å². The molecule has 0 heterocycles. The Hall–Kier alpha value is 0.830. The van der Waals surface area contributed by atoms with E-state index in [4.69, 9.17) is 50.2 Å². The lowest BCUT2D eigenvalue weighted by Gasteiger charge is -2.10. The summed E-state index contributed by atoms with van der Waals surface area (Å²) in [6, 6.07) is 4.72. The highest BCUT2D eigenvalue weighted by Crippen LogP contribution is 2.58. The molecule has 0 radical (unpaired) electrons. The van der Waals surface area contributed by atoms with Crippen molar-refractivity contribution in [1.29, 1.82) is 0 Å². The Morgan fingerprint density at radius 2 is 1.85 bits per heavy atom. The number of hydrogen-bond donors (Lipinski definition) is 0. The minimum absolute atomic E-state index is 0.308. The van der Waals surface area contributed by atoms with Gasteiger partial charge in [0.15, 0.2) is 0 Å². The number of rotatable bonds is 2. The average molecular weight is 296 g/mol. The fourth-order valence-corrected chi connectivity index (χ4v) is 2.10. The van der Waals surface area contributed by atoms with Gasteiger partial charge in [0.2, 0.25) is 0 Å². The van der Waals surface area contributed by atoms with Crippen LogP contribution in [0.3, 0.4) is 0 Å². The zero-order valence-electron chi connectivity index (χ0n) is 6.01. The second-order valence-electron chi connectivity index (χ2n) is 2.08. The first kappa shape index (κ1) is 11.9. The molecule has 0 spiro atoms. The van der Waals surface area contributed by atoms with Gasteiger partial charge in [0.05, 0.1) is 5.02 Å². The molecule has 7 heteroatoms. The lowest BCUT2D eigenvalue weighted by molar-refractivity contribution is 0.636. The average Bonchev–Trinajstić information content (AvgIpc) is 1.94. The van der Waals surface area contributed by atoms with E-state index in [1.165, 1.54) is 6.07 Å². The highest BCUT2D eigenvalue weighted by Gasteiger charge is 2.13. The Bertz CT molecular complexity index is 364. The third kappa shape index (κ3) is 4.24. The summed E-state index contributed by atoms with van der Waals surface area (Å²) in [6.07, 6.45) is 0. The van der Waals surface area contributed by atoms with Gasteiger partial charge >= 0.3 is 0 Å². The van der Waals surface area contributed by atoms with E-state index >= 15 is 0 Å². The highest BCUT2D eigenvalue weighted by atomic mass is 35.9. The molecule has 13 heavy (non-hydrogen) atoms. The molecule has 0 amide bonds. The lowest BCUT2D eigenvalue weighted by atomic mass is 10.3. The predicted molar refractivity (Wildman–Crippen MR) is 63.1 cm³/mol. The summed E-state index contributed by atoms with van der Waals surface area (Å²) in [5.74, 6) is 0.308. The van der Waals surface area contributed by atoms with Gasteiger partial charge in [0.1, 0.15) is 5.75 Å². The molecule has 0 aliphatic carbocycles. The monoisotopic (exact) mass is 294 g/mol. The standard InChI is InChI=1S/C6H3Cl4OPS/c7-4-1-2-5(8)6(3-4)11-12(9,10)13/h1-3H. The molecule has 72 valence electrons. The molecule has 1 aromatic carbocycles. The van der Waals surface area contributed by atoms with Gasteiger partial charge in [0.25, 0.3) is 4.97 Å². The summed E-state index contributed by atoms with van der Waals surface area (Å²) in [6.45, 7) is 0. The van der Waals surface area contributed by atoms with Crippen molar-refractivity contribution < 1.29 is 4.52 Å². The van der Waals surface area contributed by atoms with Crippen molar-refractivity contribution in [2.75, 3.05) is 0 Å². The van der Waals surface area contributed by atoms with Crippen LogP contribution in [-0.2, 0) is 11.8 Å². The molecule has 0 saturated carbocycles. The van der Waals surface area contributed by atoms with Crippen molar-refractivity contribution >= 4 is 62.5 Å². The van der Waals surface area contributed by atoms with Gasteiger partial charge in [0, 0.05) is 11.1 Å². The fourth-order valence-electron chi connectivity index (χ4n) is 0.662. The minimum Gasteiger partial charge on any atom is -0.439 e. The maximum atomic E-state index is 5.77. The summed E-state index contributed by atoms with van der Waals surface area (Å²) < 4.78 is 5.05. The van der Waals surface area contributed by atoms with Crippen molar-refractivity contribution in [3.63, 3.8) is 0 Å². The van der Waals surface area contributed by atoms with Gasteiger partial charge in [-0.15, -0.1) is 0 Å². The second kappa shape index (κ2) is 4.57. The predicted octanol–water partition coefficient (Wildman–Crippen LogP) is 5.07. The van der Waals surface area contributed by atoms with Crippen molar-refractivity contribution in [2.24, 2.45) is 0 Å². The van der Waals surface area contributed by atoms with E-state index in [9.17, 15) is 0 Å². The van der Waals surface area contributed by atoms with Crippen LogP contribution in [0.5, 0.6) is 5.75 Å². The fraction of sp³-hybridized carbons (Fsp3) is 0. The molecular formula is C6H3Cl4OPS. The molecule has 0 aromatic heterocycles. The second-order valence-corrected chi connectivity index (χ2v) is 10.1. The zero-order valence-corrected chi connectivity index (χ0v) is 10.7. The highest BCUT2D eigenvalue weighted by molar-refractivity contribution is 8.36. The Balaban J connectivity index is 3.01. The number of hydrogen-bond acceptors (Lipinski definition) is 2. The molecule has 0 unspecified atom stereocenters. The molecule has 0 aliphatic rings. The van der Waals surface area contributed by atoms with Crippen LogP contribution >= 0.6 is 50.7 Å². The molecule has 1 nitrogen and oxygen atoms in total. The quantitative estimate of drug-likeness (QED) is 0.704. The first-order valence-electron chi connectivity index (χ1n) is 3.02. The Morgan fingerprint density at radius 3 is 2.38 bits per heavy atom. The van der Waals surface area contributed by atoms with Crippen LogP contribution in [0.2, 0.25) is 10.0 Å². The van der Waals surface area contributed by atoms with Gasteiger partial charge in [-0.1, -0.05) is 23.2 Å².